The van der Waals surface area contributed by atoms with E-state index < -0.39 is 17.6 Å². The van der Waals surface area contributed by atoms with Gasteiger partial charge in [0.05, 0.1) is 11.1 Å². The van der Waals surface area contributed by atoms with Crippen molar-refractivity contribution >= 4 is 11.7 Å². The summed E-state index contributed by atoms with van der Waals surface area (Å²) < 4.78 is 39.6. The van der Waals surface area contributed by atoms with Crippen LogP contribution in [0.25, 0.3) is 0 Å². The molecule has 1 aromatic carbocycles. The topological polar surface area (TPSA) is 36.4 Å². The molecule has 1 amide bonds. The first-order valence-electron chi connectivity index (χ1n) is 9.24. The minimum Gasteiger partial charge on any atom is -0.353 e. The zero-order chi connectivity index (χ0) is 20.5. The third-order valence-electron chi connectivity index (χ3n) is 4.97. The average Bonchev–Trinajstić information content (AvgIpc) is 2.66. The van der Waals surface area contributed by atoms with E-state index in [4.69, 9.17) is 0 Å². The van der Waals surface area contributed by atoms with Crippen LogP contribution in [0.2, 0.25) is 0 Å². The first kappa shape index (κ1) is 20.2. The van der Waals surface area contributed by atoms with E-state index in [2.05, 4.69) is 25.8 Å². The Kier molecular flexibility index (Phi) is 5.37. The molecular weight excluding hydrogens is 367 g/mol. The number of alkyl halides is 3. The number of anilines is 1. The second-order valence-electron chi connectivity index (χ2n) is 7.98. The maximum Gasteiger partial charge on any atom is 0.417 e. The number of halogens is 3. The zero-order valence-electron chi connectivity index (χ0n) is 16.3. The molecule has 28 heavy (non-hydrogen) atoms. The zero-order valence-corrected chi connectivity index (χ0v) is 16.3. The van der Waals surface area contributed by atoms with Crippen LogP contribution < -0.4 is 4.90 Å². The van der Waals surface area contributed by atoms with Crippen LogP contribution in [0.15, 0.2) is 42.6 Å². The Morgan fingerprint density at radius 2 is 1.61 bits per heavy atom. The van der Waals surface area contributed by atoms with E-state index in [1.807, 2.05) is 23.2 Å². The van der Waals surface area contributed by atoms with Crippen molar-refractivity contribution in [1.29, 1.82) is 0 Å². The molecule has 4 nitrogen and oxygen atoms in total. The summed E-state index contributed by atoms with van der Waals surface area (Å²) in [7, 11) is 0. The van der Waals surface area contributed by atoms with Crippen LogP contribution >= 0.6 is 0 Å². The summed E-state index contributed by atoms with van der Waals surface area (Å²) in [6, 6.07) is 8.94. The first-order chi connectivity index (χ1) is 13.1. The molecule has 1 aliphatic rings. The second-order valence-corrected chi connectivity index (χ2v) is 7.98. The van der Waals surface area contributed by atoms with Crippen LogP contribution in [0.5, 0.6) is 0 Å². The van der Waals surface area contributed by atoms with Gasteiger partial charge < -0.3 is 9.80 Å². The van der Waals surface area contributed by atoms with Gasteiger partial charge in [0.2, 0.25) is 0 Å². The number of piperazine rings is 1. The van der Waals surface area contributed by atoms with Gasteiger partial charge in [0.1, 0.15) is 5.82 Å². The highest BCUT2D eigenvalue weighted by Crippen LogP contribution is 2.32. The molecule has 0 unspecified atom stereocenters. The Bertz CT molecular complexity index is 833. The first-order valence-corrected chi connectivity index (χ1v) is 9.24. The summed E-state index contributed by atoms with van der Waals surface area (Å²) in [5, 5.41) is 0. The quantitative estimate of drug-likeness (QED) is 0.763. The number of rotatable bonds is 2. The van der Waals surface area contributed by atoms with E-state index in [1.54, 1.807) is 0 Å². The molecule has 0 bridgehead atoms. The highest BCUT2D eigenvalue weighted by atomic mass is 19.4. The number of benzene rings is 1. The Labute approximate surface area is 163 Å². The number of hydrogen-bond donors (Lipinski definition) is 0. The van der Waals surface area contributed by atoms with Crippen molar-refractivity contribution in [2.75, 3.05) is 31.1 Å². The van der Waals surface area contributed by atoms with Crippen molar-refractivity contribution < 1.29 is 18.0 Å². The minimum atomic E-state index is -4.55. The van der Waals surface area contributed by atoms with Gasteiger partial charge in [-0.2, -0.15) is 13.2 Å². The second kappa shape index (κ2) is 7.45. The maximum absolute atomic E-state index is 13.2. The van der Waals surface area contributed by atoms with Gasteiger partial charge in [-0.1, -0.05) is 39.0 Å². The number of aromatic nitrogens is 1. The number of pyridine rings is 1. The lowest BCUT2D eigenvalue weighted by molar-refractivity contribution is -0.138. The summed E-state index contributed by atoms with van der Waals surface area (Å²) >= 11 is 0. The van der Waals surface area contributed by atoms with Gasteiger partial charge in [0.25, 0.3) is 5.91 Å². The van der Waals surface area contributed by atoms with Gasteiger partial charge in [0, 0.05) is 32.4 Å². The van der Waals surface area contributed by atoms with Crippen LogP contribution in [0, 0.1) is 0 Å². The Morgan fingerprint density at radius 1 is 0.964 bits per heavy atom. The van der Waals surface area contributed by atoms with E-state index in [-0.39, 0.29) is 11.0 Å². The molecule has 2 heterocycles. The van der Waals surface area contributed by atoms with Gasteiger partial charge in [0.15, 0.2) is 0 Å². The molecule has 1 aromatic heterocycles. The molecule has 1 fully saturated rings. The van der Waals surface area contributed by atoms with Gasteiger partial charge in [-0.3, -0.25) is 4.79 Å². The molecule has 3 rings (SSSR count). The van der Waals surface area contributed by atoms with Gasteiger partial charge in [-0.25, -0.2) is 4.98 Å². The fourth-order valence-electron chi connectivity index (χ4n) is 3.24. The molecule has 0 saturated carbocycles. The van der Waals surface area contributed by atoms with Crippen molar-refractivity contribution in [1.82, 2.24) is 9.88 Å². The molecular formula is C21H24F3N3O. The van der Waals surface area contributed by atoms with Crippen molar-refractivity contribution in [3.63, 3.8) is 0 Å². The fraction of sp³-hybridized carbons (Fsp3) is 0.429. The molecule has 150 valence electrons. The molecule has 7 heteroatoms. The van der Waals surface area contributed by atoms with Gasteiger partial charge in [-0.05, 0) is 29.2 Å². The number of carbonyl (C=O) groups excluding carboxylic acids is 1. The largest absolute Gasteiger partial charge is 0.417 e. The Morgan fingerprint density at radius 3 is 2.14 bits per heavy atom. The van der Waals surface area contributed by atoms with Crippen molar-refractivity contribution in [2.45, 2.75) is 32.4 Å². The number of amides is 1. The van der Waals surface area contributed by atoms with Gasteiger partial charge in [-0.15, -0.1) is 0 Å². The smallest absolute Gasteiger partial charge is 0.353 e. The highest BCUT2D eigenvalue weighted by Gasteiger charge is 2.36. The average molecular weight is 391 g/mol. The van der Waals surface area contributed by atoms with E-state index in [0.717, 1.165) is 17.4 Å². The number of hydrogen-bond acceptors (Lipinski definition) is 3. The van der Waals surface area contributed by atoms with Crippen molar-refractivity contribution in [3.05, 3.63) is 59.3 Å². The van der Waals surface area contributed by atoms with Gasteiger partial charge >= 0.3 is 6.18 Å². The van der Waals surface area contributed by atoms with Crippen LogP contribution in [0.3, 0.4) is 0 Å². The lowest BCUT2D eigenvalue weighted by Gasteiger charge is -2.36. The molecule has 0 aliphatic carbocycles. The molecule has 2 aromatic rings. The summed E-state index contributed by atoms with van der Waals surface area (Å²) in [4.78, 5) is 20.7. The standard InChI is InChI=1S/C21H24F3N3O/c1-20(2,3)15-8-9-18(25-14-15)26-10-12-27(13-11-26)19(28)16-6-4-5-7-17(16)21(22,23)24/h4-9,14H,10-13H2,1-3H3. The van der Waals surface area contributed by atoms with Crippen molar-refractivity contribution in [2.24, 2.45) is 0 Å². The van der Waals surface area contributed by atoms with Crippen LogP contribution in [0.4, 0.5) is 19.0 Å². The van der Waals surface area contributed by atoms with E-state index in [9.17, 15) is 18.0 Å². The summed E-state index contributed by atoms with van der Waals surface area (Å²) in [5.74, 6) is 0.236. The third-order valence-corrected chi connectivity index (χ3v) is 4.97. The SMILES string of the molecule is CC(C)(C)c1ccc(N2CCN(C(=O)c3ccccc3C(F)(F)F)CC2)nc1. The molecule has 1 aliphatic heterocycles. The molecule has 0 spiro atoms. The summed E-state index contributed by atoms with van der Waals surface area (Å²) in [5.41, 5.74) is -0.0329. The predicted molar refractivity (Wildman–Crippen MR) is 102 cm³/mol. The third kappa shape index (κ3) is 4.29. The summed E-state index contributed by atoms with van der Waals surface area (Å²) in [6.45, 7) is 8.12. The number of nitrogens with zero attached hydrogens (tertiary/aromatic N) is 3. The van der Waals surface area contributed by atoms with Crippen LogP contribution in [-0.2, 0) is 11.6 Å². The van der Waals surface area contributed by atoms with E-state index >= 15 is 0 Å². The molecule has 0 atom stereocenters. The monoisotopic (exact) mass is 391 g/mol. The number of carbonyl (C=O) groups is 1. The van der Waals surface area contributed by atoms with Crippen molar-refractivity contribution in [3.8, 4) is 0 Å². The minimum absolute atomic E-state index is 0.0164. The van der Waals surface area contributed by atoms with Crippen LogP contribution in [0.1, 0.15) is 42.3 Å². The van der Waals surface area contributed by atoms with E-state index in [0.29, 0.717) is 26.2 Å². The lowest BCUT2D eigenvalue weighted by Crippen LogP contribution is -2.49. The Hall–Kier alpha value is -2.57. The lowest BCUT2D eigenvalue weighted by atomic mass is 9.88. The molecule has 0 radical (unpaired) electrons. The summed E-state index contributed by atoms with van der Waals surface area (Å²) in [6.07, 6.45) is -2.70. The molecule has 0 N–H and O–H groups in total. The fourth-order valence-corrected chi connectivity index (χ4v) is 3.24. The normalized spacial score (nSPS) is 15.6. The van der Waals surface area contributed by atoms with E-state index in [1.165, 1.54) is 23.1 Å². The van der Waals surface area contributed by atoms with Crippen LogP contribution in [-0.4, -0.2) is 42.0 Å². The molecule has 1 saturated heterocycles. The maximum atomic E-state index is 13.2. The highest BCUT2D eigenvalue weighted by molar-refractivity contribution is 5.96. The Balaban J connectivity index is 1.68. The predicted octanol–water partition coefficient (Wildman–Crippen LogP) is 4.36.